The summed E-state index contributed by atoms with van der Waals surface area (Å²) in [5, 5.41) is 0. The maximum atomic E-state index is 5.43. The lowest BCUT2D eigenvalue weighted by molar-refractivity contribution is 0.0581. The van der Waals surface area contributed by atoms with Gasteiger partial charge in [-0.2, -0.15) is 0 Å². The highest BCUT2D eigenvalue weighted by atomic mass is 79.9. The fourth-order valence-electron chi connectivity index (χ4n) is 3.01. The van der Waals surface area contributed by atoms with Crippen LogP contribution in [-0.2, 0) is 4.74 Å². The van der Waals surface area contributed by atoms with Gasteiger partial charge in [0.2, 0.25) is 0 Å². The number of halogens is 1. The quantitative estimate of drug-likeness (QED) is 0.543. The largest absolute Gasteiger partial charge is 0.381 e. The van der Waals surface area contributed by atoms with E-state index in [1.165, 1.54) is 51.4 Å². The third kappa shape index (κ3) is 3.74. The van der Waals surface area contributed by atoms with Gasteiger partial charge < -0.3 is 4.74 Å². The van der Waals surface area contributed by atoms with Gasteiger partial charge in [0.05, 0.1) is 0 Å². The van der Waals surface area contributed by atoms with Crippen molar-refractivity contribution in [3.8, 4) is 0 Å². The van der Waals surface area contributed by atoms with Crippen molar-refractivity contribution in [3.05, 3.63) is 0 Å². The highest BCUT2D eigenvalue weighted by Crippen LogP contribution is 2.35. The molecule has 1 aliphatic carbocycles. The molecule has 1 aliphatic heterocycles. The molecule has 15 heavy (non-hydrogen) atoms. The van der Waals surface area contributed by atoms with Crippen molar-refractivity contribution < 1.29 is 4.74 Å². The summed E-state index contributed by atoms with van der Waals surface area (Å²) in [6.07, 6.45) is 11.2. The van der Waals surface area contributed by atoms with Crippen molar-refractivity contribution in [2.24, 2.45) is 11.8 Å². The molecule has 0 bridgehead atoms. The van der Waals surface area contributed by atoms with Crippen molar-refractivity contribution in [2.45, 2.75) is 56.2 Å². The smallest absolute Gasteiger partial charge is 0.0468 e. The lowest BCUT2D eigenvalue weighted by Crippen LogP contribution is -2.22. The van der Waals surface area contributed by atoms with Crippen LogP contribution >= 0.6 is 15.9 Å². The minimum atomic E-state index is 0.794. The number of rotatable bonds is 2. The fraction of sp³-hybridized carbons (Fsp3) is 1.00. The molecule has 2 unspecified atom stereocenters. The maximum absolute atomic E-state index is 5.43. The predicted octanol–water partition coefficient (Wildman–Crippen LogP) is 4.15. The Balaban J connectivity index is 1.79. The first-order valence-electron chi connectivity index (χ1n) is 6.58. The molecule has 2 fully saturated rings. The minimum Gasteiger partial charge on any atom is -0.381 e. The molecule has 0 N–H and O–H groups in total. The van der Waals surface area contributed by atoms with Crippen LogP contribution in [0.3, 0.4) is 0 Å². The minimum absolute atomic E-state index is 0.794. The molecule has 0 aromatic heterocycles. The summed E-state index contributed by atoms with van der Waals surface area (Å²) in [6.45, 7) is 2.01. The highest BCUT2D eigenvalue weighted by Gasteiger charge is 2.25. The van der Waals surface area contributed by atoms with Crippen LogP contribution in [0.15, 0.2) is 0 Å². The Hall–Kier alpha value is 0.440. The molecular weight excluding hydrogens is 252 g/mol. The summed E-state index contributed by atoms with van der Waals surface area (Å²) in [6, 6.07) is 0. The molecule has 0 spiro atoms. The summed E-state index contributed by atoms with van der Waals surface area (Å²) in [4.78, 5) is 0.794. The first-order chi connectivity index (χ1) is 7.36. The standard InChI is InChI=1S/C13H23BrO/c14-13-5-3-1-2-4-12(13)10-11-6-8-15-9-7-11/h11-13H,1-10H2. The summed E-state index contributed by atoms with van der Waals surface area (Å²) >= 11 is 3.90. The summed E-state index contributed by atoms with van der Waals surface area (Å²) in [5.41, 5.74) is 0. The van der Waals surface area contributed by atoms with E-state index in [1.54, 1.807) is 0 Å². The molecule has 2 rings (SSSR count). The lowest BCUT2D eigenvalue weighted by Gasteiger charge is -2.28. The second-order valence-corrected chi connectivity index (χ2v) is 6.38. The van der Waals surface area contributed by atoms with E-state index < -0.39 is 0 Å². The lowest BCUT2D eigenvalue weighted by atomic mass is 9.85. The van der Waals surface area contributed by atoms with Gasteiger partial charge in [-0.15, -0.1) is 0 Å². The third-order valence-electron chi connectivity index (χ3n) is 4.04. The second kappa shape index (κ2) is 6.24. The van der Waals surface area contributed by atoms with Gasteiger partial charge in [0.1, 0.15) is 0 Å². The van der Waals surface area contributed by atoms with Gasteiger partial charge in [-0.1, -0.05) is 35.2 Å². The monoisotopic (exact) mass is 274 g/mol. The highest BCUT2D eigenvalue weighted by molar-refractivity contribution is 9.09. The number of ether oxygens (including phenoxy) is 1. The Bertz CT molecular complexity index is 177. The van der Waals surface area contributed by atoms with Gasteiger partial charge in [0.15, 0.2) is 0 Å². The van der Waals surface area contributed by atoms with Crippen molar-refractivity contribution >= 4 is 15.9 Å². The van der Waals surface area contributed by atoms with Crippen LogP contribution < -0.4 is 0 Å². The predicted molar refractivity (Wildman–Crippen MR) is 67.5 cm³/mol. The molecule has 1 heterocycles. The molecule has 1 saturated heterocycles. The van der Waals surface area contributed by atoms with Crippen LogP contribution in [0.4, 0.5) is 0 Å². The van der Waals surface area contributed by atoms with Crippen molar-refractivity contribution in [2.75, 3.05) is 13.2 Å². The van der Waals surface area contributed by atoms with E-state index in [4.69, 9.17) is 4.74 Å². The molecule has 88 valence electrons. The van der Waals surface area contributed by atoms with Crippen LogP contribution in [0.25, 0.3) is 0 Å². The van der Waals surface area contributed by atoms with E-state index >= 15 is 0 Å². The Kier molecular flexibility index (Phi) is 4.96. The average molecular weight is 275 g/mol. The molecule has 2 atom stereocenters. The molecule has 0 amide bonds. The fourth-order valence-corrected chi connectivity index (χ4v) is 3.82. The number of hydrogen-bond acceptors (Lipinski definition) is 1. The van der Waals surface area contributed by atoms with Gasteiger partial charge in [-0.25, -0.2) is 0 Å². The summed E-state index contributed by atoms with van der Waals surface area (Å²) in [7, 11) is 0. The molecule has 2 aliphatic rings. The van der Waals surface area contributed by atoms with Crippen LogP contribution in [0.1, 0.15) is 51.4 Å². The van der Waals surface area contributed by atoms with E-state index in [9.17, 15) is 0 Å². The van der Waals surface area contributed by atoms with Crippen molar-refractivity contribution in [3.63, 3.8) is 0 Å². The Morgan fingerprint density at radius 1 is 0.933 bits per heavy atom. The van der Waals surface area contributed by atoms with E-state index in [0.717, 1.165) is 29.9 Å². The molecule has 1 saturated carbocycles. The average Bonchev–Trinajstić information content (AvgIpc) is 2.46. The Morgan fingerprint density at radius 2 is 1.67 bits per heavy atom. The molecule has 0 aromatic rings. The Morgan fingerprint density at radius 3 is 2.47 bits per heavy atom. The SMILES string of the molecule is BrC1CCCCCC1CC1CCOCC1. The van der Waals surface area contributed by atoms with Gasteiger partial charge in [-0.3, -0.25) is 0 Å². The van der Waals surface area contributed by atoms with Gasteiger partial charge in [0.25, 0.3) is 0 Å². The van der Waals surface area contributed by atoms with Crippen LogP contribution in [-0.4, -0.2) is 18.0 Å². The molecule has 2 heteroatoms. The molecule has 0 radical (unpaired) electrons. The first-order valence-corrected chi connectivity index (χ1v) is 7.49. The van der Waals surface area contributed by atoms with E-state index in [2.05, 4.69) is 15.9 Å². The zero-order chi connectivity index (χ0) is 10.5. The maximum Gasteiger partial charge on any atom is 0.0468 e. The molecule has 1 nitrogen and oxygen atoms in total. The van der Waals surface area contributed by atoms with Crippen LogP contribution in [0, 0.1) is 11.8 Å². The van der Waals surface area contributed by atoms with Gasteiger partial charge in [0, 0.05) is 18.0 Å². The topological polar surface area (TPSA) is 9.23 Å². The number of hydrogen-bond donors (Lipinski definition) is 0. The van der Waals surface area contributed by atoms with Crippen LogP contribution in [0.5, 0.6) is 0 Å². The van der Waals surface area contributed by atoms with Crippen molar-refractivity contribution in [1.29, 1.82) is 0 Å². The zero-order valence-electron chi connectivity index (χ0n) is 9.59. The van der Waals surface area contributed by atoms with E-state index in [-0.39, 0.29) is 0 Å². The van der Waals surface area contributed by atoms with E-state index in [1.807, 2.05) is 0 Å². The summed E-state index contributed by atoms with van der Waals surface area (Å²) in [5.74, 6) is 1.89. The molecular formula is C13H23BrO. The normalized spacial score (nSPS) is 35.0. The van der Waals surface area contributed by atoms with E-state index in [0.29, 0.717) is 0 Å². The first kappa shape index (κ1) is 11.9. The Labute approximate surface area is 102 Å². The van der Waals surface area contributed by atoms with Crippen molar-refractivity contribution in [1.82, 2.24) is 0 Å². The molecule has 0 aromatic carbocycles. The number of alkyl halides is 1. The van der Waals surface area contributed by atoms with Gasteiger partial charge in [-0.05, 0) is 43.9 Å². The van der Waals surface area contributed by atoms with Gasteiger partial charge >= 0.3 is 0 Å². The zero-order valence-corrected chi connectivity index (χ0v) is 11.2. The second-order valence-electron chi connectivity index (χ2n) is 5.21. The third-order valence-corrected chi connectivity index (χ3v) is 5.25. The van der Waals surface area contributed by atoms with Crippen LogP contribution in [0.2, 0.25) is 0 Å². The summed E-state index contributed by atoms with van der Waals surface area (Å²) < 4.78 is 5.43.